The fourth-order valence-electron chi connectivity index (χ4n) is 2.03. The number of nitrogens with zero attached hydrogens (tertiary/aromatic N) is 3. The minimum Gasteiger partial charge on any atom is -0.506 e. The number of hydrogen-bond donors (Lipinski definition) is 2. The van der Waals surface area contributed by atoms with Crippen LogP contribution in [0.1, 0.15) is 16.1 Å². The van der Waals surface area contributed by atoms with Gasteiger partial charge in [0.15, 0.2) is 5.65 Å². The maximum absolute atomic E-state index is 12.3. The molecule has 0 atom stereocenters. The molecule has 6 nitrogen and oxygen atoms in total. The van der Waals surface area contributed by atoms with Crippen LogP contribution in [0.15, 0.2) is 42.7 Å². The third-order valence-electron chi connectivity index (χ3n) is 2.95. The summed E-state index contributed by atoms with van der Waals surface area (Å²) in [6, 6.07) is 8.30. The van der Waals surface area contributed by atoms with Gasteiger partial charge in [-0.25, -0.2) is 9.50 Å². The second-order valence-corrected chi connectivity index (χ2v) is 4.32. The number of hydrogen-bond acceptors (Lipinski definition) is 4. The number of carbonyl (C=O) groups excluding carboxylic acids is 1. The number of phenols is 1. The lowest BCUT2D eigenvalue weighted by molar-refractivity contribution is 0.102. The lowest BCUT2D eigenvalue weighted by Crippen LogP contribution is -2.13. The summed E-state index contributed by atoms with van der Waals surface area (Å²) < 4.78 is 1.55. The van der Waals surface area contributed by atoms with Gasteiger partial charge in [-0.05, 0) is 25.1 Å². The van der Waals surface area contributed by atoms with Gasteiger partial charge in [-0.3, -0.25) is 4.79 Å². The van der Waals surface area contributed by atoms with Crippen LogP contribution in [0.4, 0.5) is 5.69 Å². The van der Waals surface area contributed by atoms with Crippen LogP contribution in [0.5, 0.6) is 5.75 Å². The lowest BCUT2D eigenvalue weighted by atomic mass is 10.2. The zero-order chi connectivity index (χ0) is 14.1. The fraction of sp³-hybridized carbons (Fsp3) is 0.0714. The number of rotatable bonds is 2. The van der Waals surface area contributed by atoms with Gasteiger partial charge in [-0.1, -0.05) is 12.1 Å². The van der Waals surface area contributed by atoms with E-state index in [2.05, 4.69) is 15.4 Å². The highest BCUT2D eigenvalue weighted by Crippen LogP contribution is 2.23. The molecule has 2 heterocycles. The van der Waals surface area contributed by atoms with Gasteiger partial charge >= 0.3 is 0 Å². The van der Waals surface area contributed by atoms with Gasteiger partial charge < -0.3 is 10.4 Å². The average molecular weight is 268 g/mol. The fourth-order valence-corrected chi connectivity index (χ4v) is 2.03. The number of aromatic nitrogens is 3. The Morgan fingerprint density at radius 2 is 2.10 bits per heavy atom. The second-order valence-electron chi connectivity index (χ2n) is 4.32. The van der Waals surface area contributed by atoms with Crippen molar-refractivity contribution in [1.29, 1.82) is 0 Å². The van der Waals surface area contributed by atoms with Crippen molar-refractivity contribution in [2.45, 2.75) is 6.92 Å². The van der Waals surface area contributed by atoms with Gasteiger partial charge in [0, 0.05) is 12.4 Å². The van der Waals surface area contributed by atoms with Crippen molar-refractivity contribution in [3.8, 4) is 5.75 Å². The molecule has 2 aromatic heterocycles. The highest BCUT2D eigenvalue weighted by molar-refractivity contribution is 6.09. The summed E-state index contributed by atoms with van der Waals surface area (Å²) in [5.74, 6) is -0.333. The monoisotopic (exact) mass is 268 g/mol. The molecule has 0 aliphatic heterocycles. The van der Waals surface area contributed by atoms with E-state index in [1.54, 1.807) is 48.1 Å². The van der Waals surface area contributed by atoms with Crippen molar-refractivity contribution >= 4 is 17.2 Å². The maximum Gasteiger partial charge on any atom is 0.261 e. The molecule has 20 heavy (non-hydrogen) atoms. The number of aryl methyl sites for hydroxylation is 1. The topological polar surface area (TPSA) is 79.5 Å². The number of anilines is 1. The van der Waals surface area contributed by atoms with E-state index in [4.69, 9.17) is 0 Å². The molecule has 2 N–H and O–H groups in total. The van der Waals surface area contributed by atoms with Crippen molar-refractivity contribution < 1.29 is 9.90 Å². The molecule has 6 heteroatoms. The first kappa shape index (κ1) is 12.2. The lowest BCUT2D eigenvalue weighted by Gasteiger charge is -2.06. The van der Waals surface area contributed by atoms with Crippen molar-refractivity contribution in [2.24, 2.45) is 0 Å². The SMILES string of the molecule is Cc1nn2cccnc2c1C(=O)Nc1ccccc1O. The van der Waals surface area contributed by atoms with Crippen LogP contribution in [0, 0.1) is 6.92 Å². The van der Waals surface area contributed by atoms with Crippen LogP contribution >= 0.6 is 0 Å². The molecule has 0 aliphatic carbocycles. The van der Waals surface area contributed by atoms with Gasteiger partial charge in [0.25, 0.3) is 5.91 Å². The number of fused-ring (bicyclic) bond motifs is 1. The van der Waals surface area contributed by atoms with Crippen LogP contribution < -0.4 is 5.32 Å². The Hall–Kier alpha value is -2.89. The zero-order valence-electron chi connectivity index (χ0n) is 10.7. The molecule has 0 fully saturated rings. The summed E-state index contributed by atoms with van der Waals surface area (Å²) in [6.07, 6.45) is 3.33. The Balaban J connectivity index is 2.01. The Kier molecular flexibility index (Phi) is 2.83. The molecular formula is C14H12N4O2. The van der Waals surface area contributed by atoms with Crippen molar-refractivity contribution in [3.05, 3.63) is 54.0 Å². The molecule has 0 radical (unpaired) electrons. The molecule has 0 saturated carbocycles. The van der Waals surface area contributed by atoms with E-state index in [9.17, 15) is 9.90 Å². The average Bonchev–Trinajstić information content (AvgIpc) is 2.77. The predicted molar refractivity (Wildman–Crippen MR) is 73.8 cm³/mol. The number of amides is 1. The number of aromatic hydroxyl groups is 1. The Bertz CT molecular complexity index is 795. The first-order valence-electron chi connectivity index (χ1n) is 6.06. The summed E-state index contributed by atoms with van der Waals surface area (Å²) in [7, 11) is 0. The molecule has 3 rings (SSSR count). The van der Waals surface area contributed by atoms with Gasteiger partial charge in [-0.15, -0.1) is 0 Å². The number of benzene rings is 1. The first-order chi connectivity index (χ1) is 9.66. The summed E-state index contributed by atoms with van der Waals surface area (Å²) in [5.41, 5.74) is 1.82. The number of nitrogens with one attached hydrogen (secondary N) is 1. The van der Waals surface area contributed by atoms with E-state index in [-0.39, 0.29) is 11.7 Å². The van der Waals surface area contributed by atoms with Crippen molar-refractivity contribution in [2.75, 3.05) is 5.32 Å². The van der Waals surface area contributed by atoms with E-state index < -0.39 is 0 Å². The normalized spacial score (nSPS) is 10.7. The minimum atomic E-state index is -0.349. The van der Waals surface area contributed by atoms with E-state index in [1.807, 2.05) is 0 Å². The van der Waals surface area contributed by atoms with E-state index in [1.165, 1.54) is 6.07 Å². The summed E-state index contributed by atoms with van der Waals surface area (Å²) in [4.78, 5) is 16.5. The van der Waals surface area contributed by atoms with E-state index >= 15 is 0 Å². The Morgan fingerprint density at radius 3 is 2.90 bits per heavy atom. The molecule has 0 bridgehead atoms. The third-order valence-corrected chi connectivity index (χ3v) is 2.95. The quantitative estimate of drug-likeness (QED) is 0.697. The highest BCUT2D eigenvalue weighted by Gasteiger charge is 2.18. The first-order valence-corrected chi connectivity index (χ1v) is 6.06. The molecular weight excluding hydrogens is 256 g/mol. The van der Waals surface area contributed by atoms with Crippen LogP contribution in [0.25, 0.3) is 5.65 Å². The summed E-state index contributed by atoms with van der Waals surface area (Å²) in [6.45, 7) is 1.74. The molecule has 1 amide bonds. The smallest absolute Gasteiger partial charge is 0.261 e. The molecule has 100 valence electrons. The second kappa shape index (κ2) is 4.65. The Morgan fingerprint density at radius 1 is 1.30 bits per heavy atom. The van der Waals surface area contributed by atoms with Crippen LogP contribution in [-0.2, 0) is 0 Å². The minimum absolute atomic E-state index is 0.0166. The summed E-state index contributed by atoms with van der Waals surface area (Å²) in [5, 5.41) is 16.6. The molecule has 0 spiro atoms. The number of para-hydroxylation sites is 2. The van der Waals surface area contributed by atoms with Crippen molar-refractivity contribution in [3.63, 3.8) is 0 Å². The zero-order valence-corrected chi connectivity index (χ0v) is 10.7. The van der Waals surface area contributed by atoms with Crippen LogP contribution in [0.3, 0.4) is 0 Å². The molecule has 3 aromatic rings. The standard InChI is InChI=1S/C14H12N4O2/c1-9-12(13-15-7-4-8-18(13)17-9)14(20)16-10-5-2-3-6-11(10)19/h2-8,19H,1H3,(H,16,20). The largest absolute Gasteiger partial charge is 0.506 e. The highest BCUT2D eigenvalue weighted by atomic mass is 16.3. The Labute approximate surface area is 114 Å². The van der Waals surface area contributed by atoms with Gasteiger partial charge in [-0.2, -0.15) is 5.10 Å². The van der Waals surface area contributed by atoms with Crippen LogP contribution in [-0.4, -0.2) is 25.6 Å². The van der Waals surface area contributed by atoms with Crippen LogP contribution in [0.2, 0.25) is 0 Å². The molecule has 0 saturated heterocycles. The summed E-state index contributed by atoms with van der Waals surface area (Å²) >= 11 is 0. The van der Waals surface area contributed by atoms with Crippen molar-refractivity contribution in [1.82, 2.24) is 14.6 Å². The number of carbonyl (C=O) groups is 1. The molecule has 0 unspecified atom stereocenters. The molecule has 1 aromatic carbocycles. The van der Waals surface area contributed by atoms with E-state index in [0.717, 1.165) is 0 Å². The molecule has 0 aliphatic rings. The maximum atomic E-state index is 12.3. The van der Waals surface area contributed by atoms with Gasteiger partial charge in [0.2, 0.25) is 0 Å². The van der Waals surface area contributed by atoms with E-state index in [0.29, 0.717) is 22.6 Å². The predicted octanol–water partition coefficient (Wildman–Crippen LogP) is 2.00. The van der Waals surface area contributed by atoms with Gasteiger partial charge in [0.05, 0.1) is 11.4 Å². The number of phenolic OH excluding ortho intramolecular Hbond substituents is 1. The van der Waals surface area contributed by atoms with Gasteiger partial charge in [0.1, 0.15) is 11.3 Å². The third kappa shape index (κ3) is 1.97.